The molecule has 0 aliphatic carbocycles. The number of carbonyl (C=O) groups is 2. The molecule has 0 aliphatic rings. The van der Waals surface area contributed by atoms with Crippen LogP contribution in [-0.2, 0) is 46.1 Å². The van der Waals surface area contributed by atoms with Gasteiger partial charge in [-0.2, -0.15) is 0 Å². The Balaban J connectivity index is -0.000000500. The first-order valence-electron chi connectivity index (χ1n) is 3.56. The van der Waals surface area contributed by atoms with Gasteiger partial charge >= 0.3 is 11.9 Å². The van der Waals surface area contributed by atoms with Gasteiger partial charge in [0.25, 0.3) is 0 Å². The van der Waals surface area contributed by atoms with Crippen LogP contribution >= 0.6 is 0 Å². The van der Waals surface area contributed by atoms with Crippen molar-refractivity contribution in [1.29, 1.82) is 0 Å². The Bertz CT molecular complexity index is 135. The molecular weight excluding hydrogens is 277 g/mol. The zero-order valence-electron chi connectivity index (χ0n) is 7.26. The van der Waals surface area contributed by atoms with Crippen molar-refractivity contribution in [2.24, 2.45) is 0 Å². The molecule has 0 saturated heterocycles. The van der Waals surface area contributed by atoms with Crippen molar-refractivity contribution < 1.29 is 56.3 Å². The standard InChI is InChI=1S/C7H12O4.Cu.Zn/c8-6(9)4-2-1-3-5-7(10)11;;/h1-5H2,(H,8,9)(H,10,11);;. The van der Waals surface area contributed by atoms with Gasteiger partial charge in [0.05, 0.1) is 0 Å². The summed E-state index contributed by atoms with van der Waals surface area (Å²) in [5.74, 6) is -1.64. The van der Waals surface area contributed by atoms with Gasteiger partial charge in [-0.3, -0.25) is 9.59 Å². The van der Waals surface area contributed by atoms with Crippen molar-refractivity contribution in [2.75, 3.05) is 0 Å². The number of aliphatic carboxylic acids is 2. The van der Waals surface area contributed by atoms with Crippen LogP contribution < -0.4 is 0 Å². The van der Waals surface area contributed by atoms with Gasteiger partial charge in [-0.15, -0.1) is 0 Å². The maximum atomic E-state index is 9.98. The van der Waals surface area contributed by atoms with Crippen LogP contribution in [0.3, 0.4) is 0 Å². The van der Waals surface area contributed by atoms with Crippen molar-refractivity contribution in [3.63, 3.8) is 0 Å². The van der Waals surface area contributed by atoms with E-state index in [1.54, 1.807) is 0 Å². The molecule has 77 valence electrons. The van der Waals surface area contributed by atoms with Crippen LogP contribution in [0.15, 0.2) is 0 Å². The molecule has 0 heterocycles. The van der Waals surface area contributed by atoms with Crippen LogP contribution in [0.1, 0.15) is 32.1 Å². The second kappa shape index (κ2) is 12.1. The smallest absolute Gasteiger partial charge is 0.303 e. The van der Waals surface area contributed by atoms with Crippen LogP contribution in [0.2, 0.25) is 0 Å². The summed E-state index contributed by atoms with van der Waals surface area (Å²) in [6.07, 6.45) is 2.10. The summed E-state index contributed by atoms with van der Waals surface area (Å²) in [6, 6.07) is 0. The zero-order chi connectivity index (χ0) is 8.69. The van der Waals surface area contributed by atoms with Crippen molar-refractivity contribution >= 4 is 11.9 Å². The third-order valence-electron chi connectivity index (χ3n) is 1.28. The Kier molecular flexibility index (Phi) is 17.5. The third kappa shape index (κ3) is 18.8. The van der Waals surface area contributed by atoms with Gasteiger partial charge in [-0.25, -0.2) is 0 Å². The number of rotatable bonds is 6. The first kappa shape index (κ1) is 18.8. The van der Waals surface area contributed by atoms with E-state index < -0.39 is 11.9 Å². The van der Waals surface area contributed by atoms with E-state index in [2.05, 4.69) is 0 Å². The predicted molar refractivity (Wildman–Crippen MR) is 38.4 cm³/mol. The maximum Gasteiger partial charge on any atom is 0.303 e. The zero-order valence-corrected chi connectivity index (χ0v) is 11.2. The van der Waals surface area contributed by atoms with Crippen molar-refractivity contribution in [2.45, 2.75) is 32.1 Å². The fraction of sp³-hybridized carbons (Fsp3) is 0.714. The maximum absolute atomic E-state index is 9.98. The Morgan fingerprint density at radius 3 is 1.38 bits per heavy atom. The molecule has 0 spiro atoms. The summed E-state index contributed by atoms with van der Waals surface area (Å²) in [4.78, 5) is 20.0. The quantitative estimate of drug-likeness (QED) is 0.567. The Morgan fingerprint density at radius 1 is 0.846 bits per heavy atom. The van der Waals surface area contributed by atoms with Crippen molar-refractivity contribution in [3.05, 3.63) is 0 Å². The number of carboxylic acid groups (broad SMARTS) is 2. The van der Waals surface area contributed by atoms with Gasteiger partial charge in [-0.1, -0.05) is 6.42 Å². The number of carboxylic acids is 2. The van der Waals surface area contributed by atoms with Crippen molar-refractivity contribution in [1.82, 2.24) is 0 Å². The minimum absolute atomic E-state index is 0. The molecule has 6 heteroatoms. The molecule has 0 rings (SSSR count). The van der Waals surface area contributed by atoms with E-state index in [9.17, 15) is 9.59 Å². The summed E-state index contributed by atoms with van der Waals surface area (Å²) in [7, 11) is 0. The van der Waals surface area contributed by atoms with E-state index in [0.717, 1.165) is 0 Å². The number of hydrogen-bond donors (Lipinski definition) is 2. The molecule has 0 aromatic rings. The first-order chi connectivity index (χ1) is 5.13. The summed E-state index contributed by atoms with van der Waals surface area (Å²) < 4.78 is 0. The van der Waals surface area contributed by atoms with Gasteiger partial charge in [0, 0.05) is 49.4 Å². The number of hydrogen-bond acceptors (Lipinski definition) is 2. The van der Waals surface area contributed by atoms with Gasteiger partial charge in [-0.05, 0) is 12.8 Å². The monoisotopic (exact) mass is 287 g/mol. The summed E-state index contributed by atoms with van der Waals surface area (Å²) in [6.45, 7) is 0. The molecule has 0 bridgehead atoms. The normalized spacial score (nSPS) is 8.00. The molecule has 2 N–H and O–H groups in total. The molecule has 4 nitrogen and oxygen atoms in total. The molecule has 1 radical (unpaired) electrons. The molecule has 0 fully saturated rings. The summed E-state index contributed by atoms with van der Waals surface area (Å²) in [5, 5.41) is 16.4. The summed E-state index contributed by atoms with van der Waals surface area (Å²) in [5.41, 5.74) is 0. The van der Waals surface area contributed by atoms with E-state index in [1.807, 2.05) is 0 Å². The Hall–Kier alpha value is 0.0829. The molecule has 13 heavy (non-hydrogen) atoms. The Labute approximate surface area is 100 Å². The average molecular weight is 289 g/mol. The molecule has 0 saturated carbocycles. The van der Waals surface area contributed by atoms with Crippen LogP contribution in [-0.4, -0.2) is 22.2 Å². The van der Waals surface area contributed by atoms with E-state index in [0.29, 0.717) is 19.3 Å². The van der Waals surface area contributed by atoms with Crippen LogP contribution in [0, 0.1) is 0 Å². The predicted octanol–water partition coefficient (Wildman–Crippen LogP) is 1.10. The fourth-order valence-electron chi connectivity index (χ4n) is 0.729. The SMILES string of the molecule is O=C(O)CCCCCC(=O)O.[Cu].[Zn]. The second-order valence-corrected chi connectivity index (χ2v) is 2.35. The first-order valence-corrected chi connectivity index (χ1v) is 3.56. The van der Waals surface area contributed by atoms with E-state index in [4.69, 9.17) is 10.2 Å². The average Bonchev–Trinajstić information content (AvgIpc) is 1.85. The van der Waals surface area contributed by atoms with E-state index in [1.165, 1.54) is 0 Å². The molecule has 0 aromatic heterocycles. The molecule has 0 aliphatic heterocycles. The minimum Gasteiger partial charge on any atom is -0.481 e. The van der Waals surface area contributed by atoms with E-state index >= 15 is 0 Å². The minimum atomic E-state index is -0.819. The van der Waals surface area contributed by atoms with Gasteiger partial charge in [0.15, 0.2) is 0 Å². The molecule has 0 atom stereocenters. The van der Waals surface area contributed by atoms with Gasteiger partial charge < -0.3 is 10.2 Å². The Morgan fingerprint density at radius 2 is 1.15 bits per heavy atom. The second-order valence-electron chi connectivity index (χ2n) is 2.35. The molecule has 0 unspecified atom stereocenters. The molecule has 0 aromatic carbocycles. The topological polar surface area (TPSA) is 74.6 Å². The van der Waals surface area contributed by atoms with E-state index in [-0.39, 0.29) is 49.4 Å². The molecule has 0 amide bonds. The molecular formula is C7H12CuO4Zn. The summed E-state index contributed by atoms with van der Waals surface area (Å²) >= 11 is 0. The number of unbranched alkanes of at least 4 members (excludes halogenated alkanes) is 2. The largest absolute Gasteiger partial charge is 0.481 e. The fourth-order valence-corrected chi connectivity index (χ4v) is 0.729. The van der Waals surface area contributed by atoms with Crippen molar-refractivity contribution in [3.8, 4) is 0 Å². The van der Waals surface area contributed by atoms with Crippen LogP contribution in [0.5, 0.6) is 0 Å². The van der Waals surface area contributed by atoms with Gasteiger partial charge in [0.1, 0.15) is 0 Å². The third-order valence-corrected chi connectivity index (χ3v) is 1.28. The van der Waals surface area contributed by atoms with Gasteiger partial charge in [0.2, 0.25) is 0 Å². The van der Waals surface area contributed by atoms with Crippen LogP contribution in [0.4, 0.5) is 0 Å². The van der Waals surface area contributed by atoms with Crippen LogP contribution in [0.25, 0.3) is 0 Å².